The molecule has 174 valence electrons. The molecule has 0 aliphatic heterocycles. The fourth-order valence-electron chi connectivity index (χ4n) is 3.96. The van der Waals surface area contributed by atoms with Crippen molar-refractivity contribution >= 4 is 28.5 Å². The number of nitrogens with zero attached hydrogens (tertiary/aromatic N) is 3. The van der Waals surface area contributed by atoms with Gasteiger partial charge in [-0.05, 0) is 80.1 Å². The summed E-state index contributed by atoms with van der Waals surface area (Å²) in [7, 11) is 0. The van der Waals surface area contributed by atoms with Crippen LogP contribution < -0.4 is 5.32 Å². The number of benzene rings is 1. The summed E-state index contributed by atoms with van der Waals surface area (Å²) in [6, 6.07) is 10.5. The Balaban J connectivity index is 1.84. The summed E-state index contributed by atoms with van der Waals surface area (Å²) in [6.07, 6.45) is 5.16. The maximum atomic E-state index is 12.6. The molecular formula is C27H34N4O2. The largest absolute Gasteiger partial charge is 0.336 e. The van der Waals surface area contributed by atoms with Gasteiger partial charge in [-0.25, -0.2) is 4.98 Å². The Morgan fingerprint density at radius 1 is 1.03 bits per heavy atom. The molecule has 0 bridgehead atoms. The Hall–Kier alpha value is -3.28. The molecule has 33 heavy (non-hydrogen) atoms. The van der Waals surface area contributed by atoms with Crippen LogP contribution in [0.15, 0.2) is 42.7 Å². The van der Waals surface area contributed by atoms with Crippen LogP contribution in [-0.4, -0.2) is 32.7 Å². The highest BCUT2D eigenvalue weighted by Gasteiger charge is 2.20. The number of hydrogen-bond acceptors (Lipinski definition) is 4. The third kappa shape index (κ3) is 6.15. The molecule has 0 saturated carbocycles. The number of pyridine rings is 2. The molecule has 3 rings (SSSR count). The zero-order valence-electron chi connectivity index (χ0n) is 20.5. The monoisotopic (exact) mass is 446 g/mol. The number of carbonyl (C=O) groups is 2. The Morgan fingerprint density at radius 2 is 1.76 bits per heavy atom. The number of nitrogens with one attached hydrogen (secondary N) is 1. The van der Waals surface area contributed by atoms with Gasteiger partial charge in [-0.15, -0.1) is 0 Å². The van der Waals surface area contributed by atoms with E-state index in [1.807, 2.05) is 50.9 Å². The van der Waals surface area contributed by atoms with Crippen LogP contribution in [0.3, 0.4) is 0 Å². The second-order valence-electron chi connectivity index (χ2n) is 9.22. The molecule has 0 unspecified atom stereocenters. The van der Waals surface area contributed by atoms with E-state index in [0.717, 1.165) is 34.9 Å². The van der Waals surface area contributed by atoms with Gasteiger partial charge in [0.05, 0.1) is 5.52 Å². The lowest BCUT2D eigenvalue weighted by molar-refractivity contribution is -0.136. The molecule has 6 heteroatoms. The molecule has 1 aromatic carbocycles. The van der Waals surface area contributed by atoms with Crippen LogP contribution in [0.1, 0.15) is 56.9 Å². The molecule has 2 aromatic heterocycles. The summed E-state index contributed by atoms with van der Waals surface area (Å²) >= 11 is 0. The van der Waals surface area contributed by atoms with Gasteiger partial charge >= 0.3 is 0 Å². The van der Waals surface area contributed by atoms with Crippen molar-refractivity contribution in [2.24, 2.45) is 5.92 Å². The third-order valence-electron chi connectivity index (χ3n) is 5.80. The molecule has 1 N–H and O–H groups in total. The number of amides is 2. The molecule has 0 spiro atoms. The highest BCUT2D eigenvalue weighted by Crippen LogP contribution is 2.23. The molecule has 3 aromatic rings. The predicted molar refractivity (Wildman–Crippen MR) is 133 cm³/mol. The molecule has 0 aliphatic rings. The van der Waals surface area contributed by atoms with Crippen LogP contribution in [0.5, 0.6) is 0 Å². The van der Waals surface area contributed by atoms with Crippen molar-refractivity contribution in [1.29, 1.82) is 0 Å². The predicted octanol–water partition coefficient (Wildman–Crippen LogP) is 5.07. The van der Waals surface area contributed by atoms with Crippen molar-refractivity contribution in [3.8, 4) is 0 Å². The molecule has 0 radical (unpaired) electrons. The lowest BCUT2D eigenvalue weighted by atomic mass is 9.98. The summed E-state index contributed by atoms with van der Waals surface area (Å²) in [5, 5.41) is 3.88. The first-order valence-corrected chi connectivity index (χ1v) is 11.6. The second kappa shape index (κ2) is 10.6. The van der Waals surface area contributed by atoms with E-state index < -0.39 is 0 Å². The molecule has 0 atom stereocenters. The molecule has 2 heterocycles. The van der Waals surface area contributed by atoms with Crippen LogP contribution in [0, 0.1) is 12.8 Å². The number of rotatable bonds is 8. The molecule has 2 amide bonds. The third-order valence-corrected chi connectivity index (χ3v) is 5.80. The average Bonchev–Trinajstić information content (AvgIpc) is 2.76. The summed E-state index contributed by atoms with van der Waals surface area (Å²) in [5.41, 5.74) is 5.41. The standard InChI is InChI=1S/C27H34N4O2/c1-17(2)27(33)31(18(3)4)16-21-13-24-14-23(19(5)12-25(24)29-15-21)10-9-22-8-7-11-28-26(22)30-20(6)32/h7-8,11-15,17-18H,9-10,16H2,1-6H3,(H,28,30,32). The van der Waals surface area contributed by atoms with E-state index in [9.17, 15) is 9.59 Å². The molecule has 0 fully saturated rings. The summed E-state index contributed by atoms with van der Waals surface area (Å²) in [6.45, 7) is 12.1. The minimum absolute atomic E-state index is 0.0371. The normalized spacial score (nSPS) is 11.3. The average molecular weight is 447 g/mol. The van der Waals surface area contributed by atoms with Crippen molar-refractivity contribution in [2.45, 2.75) is 67.0 Å². The molecule has 6 nitrogen and oxygen atoms in total. The fourth-order valence-corrected chi connectivity index (χ4v) is 3.96. The fraction of sp³-hybridized carbons (Fsp3) is 0.407. The second-order valence-corrected chi connectivity index (χ2v) is 9.22. The van der Waals surface area contributed by atoms with E-state index in [1.165, 1.54) is 18.1 Å². The number of aromatic nitrogens is 2. The van der Waals surface area contributed by atoms with Crippen molar-refractivity contribution < 1.29 is 9.59 Å². The van der Waals surface area contributed by atoms with Gasteiger partial charge in [0.15, 0.2) is 0 Å². The Morgan fingerprint density at radius 3 is 2.42 bits per heavy atom. The Labute approximate surface area is 196 Å². The maximum Gasteiger partial charge on any atom is 0.225 e. The van der Waals surface area contributed by atoms with Gasteiger partial charge in [0.1, 0.15) is 5.82 Å². The minimum atomic E-state index is -0.123. The highest BCUT2D eigenvalue weighted by atomic mass is 16.2. The van der Waals surface area contributed by atoms with E-state index in [0.29, 0.717) is 12.4 Å². The van der Waals surface area contributed by atoms with Crippen molar-refractivity contribution in [2.75, 3.05) is 5.32 Å². The van der Waals surface area contributed by atoms with Gasteiger partial charge < -0.3 is 10.2 Å². The smallest absolute Gasteiger partial charge is 0.225 e. The Kier molecular flexibility index (Phi) is 7.79. The molecular weight excluding hydrogens is 412 g/mol. The number of hydrogen-bond donors (Lipinski definition) is 1. The number of anilines is 1. The van der Waals surface area contributed by atoms with E-state index in [-0.39, 0.29) is 23.8 Å². The maximum absolute atomic E-state index is 12.6. The van der Waals surface area contributed by atoms with Gasteiger partial charge in [-0.1, -0.05) is 19.9 Å². The van der Waals surface area contributed by atoms with Gasteiger partial charge in [0.2, 0.25) is 11.8 Å². The summed E-state index contributed by atoms with van der Waals surface area (Å²) in [4.78, 5) is 35.0. The number of carbonyl (C=O) groups excluding carboxylic acids is 2. The number of aryl methyl sites for hydroxylation is 3. The summed E-state index contributed by atoms with van der Waals surface area (Å²) in [5.74, 6) is 0.615. The van der Waals surface area contributed by atoms with Crippen LogP contribution in [-0.2, 0) is 29.0 Å². The van der Waals surface area contributed by atoms with E-state index in [2.05, 4.69) is 40.4 Å². The van der Waals surface area contributed by atoms with E-state index in [1.54, 1.807) is 6.20 Å². The van der Waals surface area contributed by atoms with Gasteiger partial charge in [0, 0.05) is 43.2 Å². The molecule has 0 saturated heterocycles. The Bertz CT molecular complexity index is 1150. The van der Waals surface area contributed by atoms with Crippen molar-refractivity contribution in [1.82, 2.24) is 14.9 Å². The lowest BCUT2D eigenvalue weighted by Gasteiger charge is -2.28. The first-order valence-electron chi connectivity index (χ1n) is 11.6. The van der Waals surface area contributed by atoms with Crippen LogP contribution in [0.25, 0.3) is 10.9 Å². The van der Waals surface area contributed by atoms with Crippen molar-refractivity contribution in [3.63, 3.8) is 0 Å². The topological polar surface area (TPSA) is 75.2 Å². The van der Waals surface area contributed by atoms with Crippen molar-refractivity contribution in [3.05, 3.63) is 65.0 Å². The van der Waals surface area contributed by atoms with Gasteiger partial charge in [0.25, 0.3) is 0 Å². The molecule has 0 aliphatic carbocycles. The zero-order chi connectivity index (χ0) is 24.1. The van der Waals surface area contributed by atoms with E-state index in [4.69, 9.17) is 0 Å². The first-order chi connectivity index (χ1) is 15.7. The minimum Gasteiger partial charge on any atom is -0.336 e. The summed E-state index contributed by atoms with van der Waals surface area (Å²) < 4.78 is 0. The van der Waals surface area contributed by atoms with Gasteiger partial charge in [-0.3, -0.25) is 14.6 Å². The SMILES string of the molecule is CC(=O)Nc1ncccc1CCc1cc2cc(CN(C(=O)C(C)C)C(C)C)cnc2cc1C. The first kappa shape index (κ1) is 24.4. The van der Waals surface area contributed by atoms with Gasteiger partial charge in [-0.2, -0.15) is 0 Å². The highest BCUT2D eigenvalue weighted by molar-refractivity contribution is 5.88. The van der Waals surface area contributed by atoms with Crippen LogP contribution >= 0.6 is 0 Å². The lowest BCUT2D eigenvalue weighted by Crippen LogP contribution is -2.38. The van der Waals surface area contributed by atoms with E-state index >= 15 is 0 Å². The zero-order valence-corrected chi connectivity index (χ0v) is 20.5. The number of fused-ring (bicyclic) bond motifs is 1. The van der Waals surface area contributed by atoms with Crippen LogP contribution in [0.4, 0.5) is 5.82 Å². The quantitative estimate of drug-likeness (QED) is 0.524. The van der Waals surface area contributed by atoms with Crippen LogP contribution in [0.2, 0.25) is 0 Å².